The Labute approximate surface area is 168 Å². The monoisotopic (exact) mass is 397 g/mol. The van der Waals surface area contributed by atoms with Gasteiger partial charge in [-0.2, -0.15) is 0 Å². The summed E-state index contributed by atoms with van der Waals surface area (Å²) in [5.41, 5.74) is 0.858. The molecule has 3 heterocycles. The maximum Gasteiger partial charge on any atom is 0.261 e. The summed E-state index contributed by atoms with van der Waals surface area (Å²) in [4.78, 5) is 15.8. The van der Waals surface area contributed by atoms with Crippen LogP contribution in [0.15, 0.2) is 58.5 Å². The number of ether oxygens (including phenoxy) is 2. The second-order valence-corrected chi connectivity index (χ2v) is 8.51. The van der Waals surface area contributed by atoms with Crippen LogP contribution in [0.5, 0.6) is 11.5 Å². The molecule has 0 radical (unpaired) electrons. The number of amides is 1. The maximum absolute atomic E-state index is 12.9. The van der Waals surface area contributed by atoms with Gasteiger partial charge >= 0.3 is 0 Å². The van der Waals surface area contributed by atoms with Crippen LogP contribution in [0.1, 0.15) is 30.0 Å². The lowest BCUT2D eigenvalue weighted by Gasteiger charge is -2.22. The number of hydrogen-bond donors (Lipinski definition) is 0. The van der Waals surface area contributed by atoms with Gasteiger partial charge < -0.3 is 18.8 Å². The average Bonchev–Trinajstić information content (AvgIpc) is 3.39. The molecular weight excluding hydrogens is 374 g/mol. The number of nitrogens with zero attached hydrogens (tertiary/aromatic N) is 1. The summed E-state index contributed by atoms with van der Waals surface area (Å²) >= 11 is 1.63. The third-order valence-electron chi connectivity index (χ3n) is 4.61. The smallest absolute Gasteiger partial charge is 0.261 e. The fourth-order valence-corrected chi connectivity index (χ4v) is 4.06. The molecule has 3 aromatic rings. The Hall–Kier alpha value is -2.73. The van der Waals surface area contributed by atoms with E-state index in [2.05, 4.69) is 0 Å². The van der Waals surface area contributed by atoms with Crippen LogP contribution >= 0.6 is 11.3 Å². The lowest BCUT2D eigenvalue weighted by molar-refractivity contribution is -0.134. The summed E-state index contributed by atoms with van der Waals surface area (Å²) in [5, 5.41) is 2.01. The van der Waals surface area contributed by atoms with Gasteiger partial charge in [0, 0.05) is 16.9 Å². The second kappa shape index (κ2) is 7.72. The first kappa shape index (κ1) is 18.6. The summed E-state index contributed by atoms with van der Waals surface area (Å²) in [6.07, 6.45) is 2.45. The molecule has 6 heteroatoms. The number of furan rings is 1. The van der Waals surface area contributed by atoms with E-state index >= 15 is 0 Å². The van der Waals surface area contributed by atoms with Crippen molar-refractivity contribution in [3.63, 3.8) is 0 Å². The molecule has 1 aromatic carbocycles. The van der Waals surface area contributed by atoms with Crippen molar-refractivity contribution in [2.24, 2.45) is 0 Å². The van der Waals surface area contributed by atoms with E-state index in [-0.39, 0.29) is 18.1 Å². The SMILES string of the molecule is CC1(C)Cc2cccc(OCC(=O)N(Cc3ccco3)Cc3cccs3)c2O1. The zero-order chi connectivity index (χ0) is 19.6. The van der Waals surface area contributed by atoms with E-state index in [4.69, 9.17) is 13.9 Å². The Balaban J connectivity index is 1.46. The summed E-state index contributed by atoms with van der Waals surface area (Å²) in [5.74, 6) is 2.01. The van der Waals surface area contributed by atoms with Gasteiger partial charge in [-0.05, 0) is 43.5 Å². The van der Waals surface area contributed by atoms with Crippen molar-refractivity contribution in [3.05, 3.63) is 70.3 Å². The van der Waals surface area contributed by atoms with Gasteiger partial charge in [0.25, 0.3) is 5.91 Å². The van der Waals surface area contributed by atoms with Crippen molar-refractivity contribution in [3.8, 4) is 11.5 Å². The molecule has 0 N–H and O–H groups in total. The minimum absolute atomic E-state index is 0.0493. The van der Waals surface area contributed by atoms with Crippen LogP contribution in [0.2, 0.25) is 0 Å². The van der Waals surface area contributed by atoms with Crippen molar-refractivity contribution < 1.29 is 18.7 Å². The van der Waals surface area contributed by atoms with Gasteiger partial charge in [0.1, 0.15) is 11.4 Å². The molecule has 2 aromatic heterocycles. The van der Waals surface area contributed by atoms with Crippen LogP contribution in [0.4, 0.5) is 0 Å². The first-order valence-corrected chi connectivity index (χ1v) is 10.1. The van der Waals surface area contributed by atoms with Crippen molar-refractivity contribution in [2.75, 3.05) is 6.61 Å². The molecule has 0 unspecified atom stereocenters. The highest BCUT2D eigenvalue weighted by Gasteiger charge is 2.32. The first-order chi connectivity index (χ1) is 13.5. The summed E-state index contributed by atoms with van der Waals surface area (Å²) in [6, 6.07) is 13.5. The molecule has 0 fully saturated rings. The van der Waals surface area contributed by atoms with Crippen LogP contribution in [-0.2, 0) is 24.3 Å². The molecule has 5 nitrogen and oxygen atoms in total. The van der Waals surface area contributed by atoms with Gasteiger partial charge in [-0.1, -0.05) is 18.2 Å². The average molecular weight is 397 g/mol. The van der Waals surface area contributed by atoms with Crippen LogP contribution in [0.3, 0.4) is 0 Å². The van der Waals surface area contributed by atoms with Crippen molar-refractivity contribution in [1.29, 1.82) is 0 Å². The molecule has 146 valence electrons. The minimum Gasteiger partial charge on any atom is -0.483 e. The van der Waals surface area contributed by atoms with E-state index in [0.717, 1.165) is 28.4 Å². The van der Waals surface area contributed by atoms with Gasteiger partial charge in [0.2, 0.25) is 0 Å². The number of rotatable bonds is 7. The van der Waals surface area contributed by atoms with Gasteiger partial charge in [-0.15, -0.1) is 11.3 Å². The standard InChI is InChI=1S/C22H23NO4S/c1-22(2)12-16-6-3-9-19(21(16)27-22)26-15-20(24)23(13-17-7-4-10-25-17)14-18-8-5-11-28-18/h3-11H,12-15H2,1-2H3. The Morgan fingerprint density at radius 2 is 2.07 bits per heavy atom. The molecule has 0 saturated carbocycles. The molecule has 0 saturated heterocycles. The van der Waals surface area contributed by atoms with Crippen LogP contribution in [0, 0.1) is 0 Å². The Bertz CT molecular complexity index is 895. The Morgan fingerprint density at radius 3 is 2.82 bits per heavy atom. The largest absolute Gasteiger partial charge is 0.483 e. The molecular formula is C22H23NO4S. The number of benzene rings is 1. The minimum atomic E-state index is -0.254. The molecule has 4 rings (SSSR count). The maximum atomic E-state index is 12.9. The predicted molar refractivity (Wildman–Crippen MR) is 108 cm³/mol. The number of hydrogen-bond acceptors (Lipinski definition) is 5. The van der Waals surface area contributed by atoms with Crippen molar-refractivity contribution >= 4 is 17.2 Å². The zero-order valence-corrected chi connectivity index (χ0v) is 16.8. The fraction of sp³-hybridized carbons (Fsp3) is 0.318. The lowest BCUT2D eigenvalue weighted by Crippen LogP contribution is -2.33. The van der Waals surface area contributed by atoms with Gasteiger partial charge in [0.05, 0.1) is 19.4 Å². The molecule has 28 heavy (non-hydrogen) atoms. The normalized spacial score (nSPS) is 14.4. The number of carbonyl (C=O) groups excluding carboxylic acids is 1. The predicted octanol–water partition coefficient (Wildman–Crippen LogP) is 4.66. The zero-order valence-electron chi connectivity index (χ0n) is 16.0. The van der Waals surface area contributed by atoms with Crippen LogP contribution in [0.25, 0.3) is 0 Å². The highest BCUT2D eigenvalue weighted by Crippen LogP contribution is 2.41. The van der Waals surface area contributed by atoms with Crippen molar-refractivity contribution in [2.45, 2.75) is 39.0 Å². The number of para-hydroxylation sites is 1. The molecule has 1 aliphatic heterocycles. The molecule has 1 amide bonds. The second-order valence-electron chi connectivity index (χ2n) is 7.48. The molecule has 0 spiro atoms. The summed E-state index contributed by atoms with van der Waals surface area (Å²) in [6.45, 7) is 4.98. The van der Waals surface area contributed by atoms with Gasteiger partial charge in [0.15, 0.2) is 18.1 Å². The molecule has 1 aliphatic rings. The third-order valence-corrected chi connectivity index (χ3v) is 5.47. The highest BCUT2D eigenvalue weighted by atomic mass is 32.1. The van der Waals surface area contributed by atoms with E-state index in [9.17, 15) is 4.79 Å². The fourth-order valence-electron chi connectivity index (χ4n) is 3.35. The number of fused-ring (bicyclic) bond motifs is 1. The summed E-state index contributed by atoms with van der Waals surface area (Å²) < 4.78 is 17.3. The highest BCUT2D eigenvalue weighted by molar-refractivity contribution is 7.09. The topological polar surface area (TPSA) is 51.9 Å². The van der Waals surface area contributed by atoms with E-state index in [1.165, 1.54) is 0 Å². The quantitative estimate of drug-likeness (QED) is 0.582. The number of carbonyl (C=O) groups is 1. The van der Waals surface area contributed by atoms with Crippen LogP contribution < -0.4 is 9.47 Å². The van der Waals surface area contributed by atoms with E-state index < -0.39 is 0 Å². The Kier molecular flexibility index (Phi) is 5.13. The van der Waals surface area contributed by atoms with E-state index in [0.29, 0.717) is 18.8 Å². The molecule has 0 bridgehead atoms. The molecule has 0 atom stereocenters. The van der Waals surface area contributed by atoms with E-state index in [1.54, 1.807) is 22.5 Å². The molecule has 0 aliphatic carbocycles. The Morgan fingerprint density at radius 1 is 1.18 bits per heavy atom. The van der Waals surface area contributed by atoms with Crippen LogP contribution in [-0.4, -0.2) is 23.0 Å². The summed E-state index contributed by atoms with van der Waals surface area (Å²) in [7, 11) is 0. The lowest BCUT2D eigenvalue weighted by atomic mass is 10.0. The van der Waals surface area contributed by atoms with Crippen molar-refractivity contribution in [1.82, 2.24) is 4.90 Å². The number of thiophene rings is 1. The first-order valence-electron chi connectivity index (χ1n) is 9.26. The third kappa shape index (κ3) is 4.22. The van der Waals surface area contributed by atoms with Gasteiger partial charge in [-0.3, -0.25) is 4.79 Å². The van der Waals surface area contributed by atoms with Gasteiger partial charge in [-0.25, -0.2) is 0 Å². The van der Waals surface area contributed by atoms with E-state index in [1.807, 2.05) is 61.7 Å².